The molecule has 0 bridgehead atoms. The number of hydrogen-bond donors (Lipinski definition) is 1. The molecule has 0 aliphatic carbocycles. The lowest BCUT2D eigenvalue weighted by molar-refractivity contribution is 0.533. The highest BCUT2D eigenvalue weighted by molar-refractivity contribution is 5.31. The summed E-state index contributed by atoms with van der Waals surface area (Å²) in [7, 11) is 0. The Labute approximate surface area is 99.3 Å². The molecule has 2 rings (SSSR count). The minimum Gasteiger partial charge on any atom is -0.315 e. The first-order valence-electron chi connectivity index (χ1n) is 5.93. The van der Waals surface area contributed by atoms with Crippen LogP contribution >= 0.6 is 0 Å². The summed E-state index contributed by atoms with van der Waals surface area (Å²) < 4.78 is 2.97. The second kappa shape index (κ2) is 5.58. The molecule has 0 saturated heterocycles. The normalized spacial score (nSPS) is 11.1. The standard InChI is InChI=1S/C11H17N5O/c1-2-3-4-12-6-8-16-11(17)15-7-5-13-9-10(15)14-16/h5,7,9,12H,2-4,6,8H2,1H3. The van der Waals surface area contributed by atoms with Crippen molar-refractivity contribution in [3.8, 4) is 0 Å². The molecule has 6 heteroatoms. The molecule has 0 spiro atoms. The lowest BCUT2D eigenvalue weighted by Crippen LogP contribution is -2.28. The molecule has 0 amide bonds. The van der Waals surface area contributed by atoms with Crippen molar-refractivity contribution in [1.29, 1.82) is 0 Å². The summed E-state index contributed by atoms with van der Waals surface area (Å²) in [6.45, 7) is 4.49. The average Bonchev–Trinajstić information content (AvgIpc) is 2.67. The highest BCUT2D eigenvalue weighted by Gasteiger charge is 2.04. The maximum absolute atomic E-state index is 11.9. The average molecular weight is 235 g/mol. The molecule has 2 aromatic rings. The van der Waals surface area contributed by atoms with Gasteiger partial charge in [-0.3, -0.25) is 4.98 Å². The Balaban J connectivity index is 1.99. The summed E-state index contributed by atoms with van der Waals surface area (Å²) in [5.74, 6) is 0. The van der Waals surface area contributed by atoms with Crippen LogP contribution in [0.15, 0.2) is 23.4 Å². The van der Waals surface area contributed by atoms with E-state index in [0.717, 1.165) is 19.5 Å². The van der Waals surface area contributed by atoms with Crippen molar-refractivity contribution >= 4 is 5.65 Å². The zero-order valence-electron chi connectivity index (χ0n) is 9.96. The number of fused-ring (bicyclic) bond motifs is 1. The Hall–Kier alpha value is -1.69. The molecule has 17 heavy (non-hydrogen) atoms. The molecule has 2 aromatic heterocycles. The number of nitrogens with one attached hydrogen (secondary N) is 1. The van der Waals surface area contributed by atoms with Crippen LogP contribution in [0.3, 0.4) is 0 Å². The lowest BCUT2D eigenvalue weighted by Gasteiger charge is -2.02. The Morgan fingerprint density at radius 2 is 2.29 bits per heavy atom. The van der Waals surface area contributed by atoms with E-state index in [1.807, 2.05) is 0 Å². The van der Waals surface area contributed by atoms with Crippen LogP contribution in [0, 0.1) is 0 Å². The fraction of sp³-hybridized carbons (Fsp3) is 0.545. The van der Waals surface area contributed by atoms with Crippen LogP contribution < -0.4 is 11.0 Å². The van der Waals surface area contributed by atoms with Gasteiger partial charge in [-0.05, 0) is 13.0 Å². The van der Waals surface area contributed by atoms with E-state index in [-0.39, 0.29) is 5.69 Å². The Kier molecular flexibility index (Phi) is 3.87. The second-order valence-electron chi connectivity index (χ2n) is 3.91. The van der Waals surface area contributed by atoms with Gasteiger partial charge in [0.1, 0.15) is 0 Å². The molecule has 0 aliphatic heterocycles. The molecule has 0 aliphatic rings. The van der Waals surface area contributed by atoms with Crippen LogP contribution in [0.2, 0.25) is 0 Å². The number of aromatic nitrogens is 4. The molecule has 2 heterocycles. The van der Waals surface area contributed by atoms with Crippen LogP contribution in [0.5, 0.6) is 0 Å². The maximum Gasteiger partial charge on any atom is 0.350 e. The van der Waals surface area contributed by atoms with Crippen molar-refractivity contribution in [2.75, 3.05) is 13.1 Å². The summed E-state index contributed by atoms with van der Waals surface area (Å²) in [5, 5.41) is 7.48. The highest BCUT2D eigenvalue weighted by atomic mass is 16.2. The predicted octanol–water partition coefficient (Wildman–Crippen LogP) is 0.281. The van der Waals surface area contributed by atoms with Gasteiger partial charge in [-0.1, -0.05) is 13.3 Å². The van der Waals surface area contributed by atoms with E-state index in [2.05, 4.69) is 22.3 Å². The molecule has 0 aromatic carbocycles. The van der Waals surface area contributed by atoms with Crippen LogP contribution in [0.4, 0.5) is 0 Å². The third-order valence-electron chi connectivity index (χ3n) is 2.60. The van der Waals surface area contributed by atoms with Crippen LogP contribution in [0.25, 0.3) is 5.65 Å². The molecule has 6 nitrogen and oxygen atoms in total. The number of rotatable bonds is 6. The first kappa shape index (κ1) is 11.8. The molecular weight excluding hydrogens is 218 g/mol. The van der Waals surface area contributed by atoms with Crippen LogP contribution in [-0.2, 0) is 6.54 Å². The summed E-state index contributed by atoms with van der Waals surface area (Å²) in [5.41, 5.74) is 0.478. The topological polar surface area (TPSA) is 64.2 Å². The van der Waals surface area contributed by atoms with E-state index in [1.54, 1.807) is 18.6 Å². The van der Waals surface area contributed by atoms with Gasteiger partial charge >= 0.3 is 5.69 Å². The molecule has 1 N–H and O–H groups in total. The molecule has 0 radical (unpaired) electrons. The van der Waals surface area contributed by atoms with Crippen molar-refractivity contribution in [2.24, 2.45) is 0 Å². The summed E-state index contributed by atoms with van der Waals surface area (Å²) in [4.78, 5) is 15.8. The van der Waals surface area contributed by atoms with Gasteiger partial charge in [-0.25, -0.2) is 13.9 Å². The van der Waals surface area contributed by atoms with E-state index in [0.29, 0.717) is 12.2 Å². The number of unbranched alkanes of at least 4 members (excludes halogenated alkanes) is 1. The lowest BCUT2D eigenvalue weighted by atomic mass is 10.3. The Morgan fingerprint density at radius 3 is 3.06 bits per heavy atom. The first-order chi connectivity index (χ1) is 8.33. The van der Waals surface area contributed by atoms with E-state index in [1.165, 1.54) is 15.5 Å². The molecule has 92 valence electrons. The third-order valence-corrected chi connectivity index (χ3v) is 2.60. The van der Waals surface area contributed by atoms with E-state index in [4.69, 9.17) is 0 Å². The number of nitrogens with zero attached hydrogens (tertiary/aromatic N) is 4. The highest BCUT2D eigenvalue weighted by Crippen LogP contribution is 1.91. The second-order valence-corrected chi connectivity index (χ2v) is 3.91. The van der Waals surface area contributed by atoms with Crippen molar-refractivity contribution in [1.82, 2.24) is 24.5 Å². The zero-order chi connectivity index (χ0) is 12.1. The molecule has 0 saturated carbocycles. The predicted molar refractivity (Wildman–Crippen MR) is 65.0 cm³/mol. The largest absolute Gasteiger partial charge is 0.350 e. The minimum absolute atomic E-state index is 0.111. The summed E-state index contributed by atoms with van der Waals surface area (Å²) >= 11 is 0. The van der Waals surface area contributed by atoms with E-state index in [9.17, 15) is 4.79 Å². The van der Waals surface area contributed by atoms with Gasteiger partial charge in [0, 0.05) is 18.9 Å². The molecule has 0 atom stereocenters. The quantitative estimate of drug-likeness (QED) is 0.730. The Bertz CT molecular complexity index is 530. The minimum atomic E-state index is -0.111. The fourth-order valence-corrected chi connectivity index (χ4v) is 1.64. The monoisotopic (exact) mass is 235 g/mol. The van der Waals surface area contributed by atoms with E-state index < -0.39 is 0 Å². The fourth-order valence-electron chi connectivity index (χ4n) is 1.64. The third kappa shape index (κ3) is 2.71. The molecule has 0 unspecified atom stereocenters. The van der Waals surface area contributed by atoms with Crippen molar-refractivity contribution in [3.63, 3.8) is 0 Å². The van der Waals surface area contributed by atoms with Gasteiger partial charge in [-0.15, -0.1) is 5.10 Å². The Morgan fingerprint density at radius 1 is 1.41 bits per heavy atom. The summed E-state index contributed by atoms with van der Waals surface area (Å²) in [6.07, 6.45) is 7.13. The van der Waals surface area contributed by atoms with Gasteiger partial charge in [-0.2, -0.15) is 0 Å². The van der Waals surface area contributed by atoms with Crippen LogP contribution in [0.1, 0.15) is 19.8 Å². The van der Waals surface area contributed by atoms with Gasteiger partial charge < -0.3 is 5.32 Å². The number of hydrogen-bond acceptors (Lipinski definition) is 4. The van der Waals surface area contributed by atoms with Crippen LogP contribution in [-0.4, -0.2) is 32.3 Å². The zero-order valence-corrected chi connectivity index (χ0v) is 9.96. The van der Waals surface area contributed by atoms with Gasteiger partial charge in [0.2, 0.25) is 0 Å². The smallest absolute Gasteiger partial charge is 0.315 e. The van der Waals surface area contributed by atoms with Crippen molar-refractivity contribution in [3.05, 3.63) is 29.1 Å². The summed E-state index contributed by atoms with van der Waals surface area (Å²) in [6, 6.07) is 0. The first-order valence-corrected chi connectivity index (χ1v) is 5.93. The SMILES string of the molecule is CCCCNCCn1nc2cnccn2c1=O. The van der Waals surface area contributed by atoms with Crippen molar-refractivity contribution < 1.29 is 0 Å². The van der Waals surface area contributed by atoms with E-state index >= 15 is 0 Å². The van der Waals surface area contributed by atoms with Gasteiger partial charge in [0.25, 0.3) is 0 Å². The van der Waals surface area contributed by atoms with Crippen molar-refractivity contribution in [2.45, 2.75) is 26.3 Å². The maximum atomic E-state index is 11.9. The van der Waals surface area contributed by atoms with Gasteiger partial charge in [0.05, 0.1) is 12.7 Å². The molecular formula is C11H17N5O. The molecule has 0 fully saturated rings. The van der Waals surface area contributed by atoms with Gasteiger partial charge in [0.15, 0.2) is 5.65 Å².